The summed E-state index contributed by atoms with van der Waals surface area (Å²) in [5.41, 5.74) is 5.83. The van der Waals surface area contributed by atoms with E-state index in [0.717, 1.165) is 25.1 Å². The molecule has 0 radical (unpaired) electrons. The molecule has 4 rings (SSSR count). The second kappa shape index (κ2) is 6.49. The molecule has 5 nitrogen and oxygen atoms in total. The fourth-order valence-electron chi connectivity index (χ4n) is 3.33. The fraction of sp³-hybridized carbons (Fsp3) is 0.263. The zero-order chi connectivity index (χ0) is 19.2. The summed E-state index contributed by atoms with van der Waals surface area (Å²) in [6.07, 6.45) is 2.70. The lowest BCUT2D eigenvalue weighted by atomic mass is 9.91. The SMILES string of the molecule is [2H][C@@]1(c2cc(F)c(-n3cc4cccc(C(N)=O)c4n3)cc2F)CCCNC1. The van der Waals surface area contributed by atoms with Crippen molar-refractivity contribution in [2.75, 3.05) is 13.1 Å². The Kier molecular flexibility index (Phi) is 3.86. The molecule has 1 saturated heterocycles. The van der Waals surface area contributed by atoms with Crippen molar-refractivity contribution < 1.29 is 14.9 Å². The summed E-state index contributed by atoms with van der Waals surface area (Å²) in [6, 6.07) is 7.01. The Morgan fingerprint density at radius 2 is 2.19 bits per heavy atom. The maximum atomic E-state index is 14.8. The average Bonchev–Trinajstić information content (AvgIpc) is 3.07. The van der Waals surface area contributed by atoms with Gasteiger partial charge in [0, 0.05) is 25.6 Å². The summed E-state index contributed by atoms with van der Waals surface area (Å²) < 4.78 is 39.3. The van der Waals surface area contributed by atoms with E-state index < -0.39 is 23.4 Å². The molecular weight excluding hydrogens is 338 g/mol. The number of amides is 1. The van der Waals surface area contributed by atoms with Crippen LogP contribution in [0.25, 0.3) is 16.6 Å². The average molecular weight is 357 g/mol. The first kappa shape index (κ1) is 15.5. The molecule has 1 aromatic heterocycles. The van der Waals surface area contributed by atoms with Crippen LogP contribution in [0.5, 0.6) is 0 Å². The molecule has 2 aromatic carbocycles. The van der Waals surface area contributed by atoms with Gasteiger partial charge in [0.15, 0.2) is 0 Å². The first-order valence-electron chi connectivity index (χ1n) is 8.88. The largest absolute Gasteiger partial charge is 0.366 e. The van der Waals surface area contributed by atoms with Crippen LogP contribution in [0.4, 0.5) is 8.78 Å². The summed E-state index contributed by atoms with van der Waals surface area (Å²) in [5, 5.41) is 7.87. The molecule has 0 spiro atoms. The lowest BCUT2D eigenvalue weighted by Gasteiger charge is -2.23. The number of benzene rings is 2. The summed E-state index contributed by atoms with van der Waals surface area (Å²) in [5.74, 6) is -3.18. The molecule has 0 aliphatic carbocycles. The fourth-order valence-corrected chi connectivity index (χ4v) is 3.33. The second-order valence-corrected chi connectivity index (χ2v) is 6.35. The van der Waals surface area contributed by atoms with Gasteiger partial charge in [-0.15, -0.1) is 0 Å². The van der Waals surface area contributed by atoms with Crippen LogP contribution in [-0.2, 0) is 0 Å². The Labute approximate surface area is 150 Å². The Bertz CT molecular complexity index is 1040. The zero-order valence-corrected chi connectivity index (χ0v) is 13.9. The molecular formula is C19H18F2N4O. The quantitative estimate of drug-likeness (QED) is 0.757. The summed E-state index contributed by atoms with van der Waals surface area (Å²) >= 11 is 0. The predicted octanol–water partition coefficient (Wildman–Crippen LogP) is 2.87. The van der Waals surface area contributed by atoms with Gasteiger partial charge in [-0.25, -0.2) is 13.5 Å². The Morgan fingerprint density at radius 1 is 1.35 bits per heavy atom. The van der Waals surface area contributed by atoms with Crippen molar-refractivity contribution in [1.82, 2.24) is 15.1 Å². The zero-order valence-electron chi connectivity index (χ0n) is 14.9. The van der Waals surface area contributed by atoms with E-state index in [2.05, 4.69) is 10.4 Å². The maximum absolute atomic E-state index is 14.8. The van der Waals surface area contributed by atoms with Gasteiger partial charge in [-0.05, 0) is 43.0 Å². The van der Waals surface area contributed by atoms with E-state index in [9.17, 15) is 13.6 Å². The number of halogens is 2. The number of nitrogens with zero attached hydrogens (tertiary/aromatic N) is 2. The van der Waals surface area contributed by atoms with E-state index in [-0.39, 0.29) is 23.4 Å². The van der Waals surface area contributed by atoms with Crippen LogP contribution in [-0.4, -0.2) is 28.8 Å². The molecule has 1 fully saturated rings. The number of hydrogen-bond donors (Lipinski definition) is 2. The number of carbonyl (C=O) groups is 1. The number of primary amides is 1. The lowest BCUT2D eigenvalue weighted by molar-refractivity contribution is 0.100. The van der Waals surface area contributed by atoms with Crippen molar-refractivity contribution in [2.24, 2.45) is 5.73 Å². The third-order valence-corrected chi connectivity index (χ3v) is 4.64. The van der Waals surface area contributed by atoms with E-state index in [1.165, 1.54) is 16.9 Å². The maximum Gasteiger partial charge on any atom is 0.250 e. The monoisotopic (exact) mass is 357 g/mol. The first-order valence-corrected chi connectivity index (χ1v) is 8.38. The minimum absolute atomic E-state index is 0.0329. The smallest absolute Gasteiger partial charge is 0.250 e. The molecule has 1 aliphatic heterocycles. The van der Waals surface area contributed by atoms with E-state index in [0.29, 0.717) is 17.3 Å². The molecule has 134 valence electrons. The van der Waals surface area contributed by atoms with E-state index in [4.69, 9.17) is 7.10 Å². The Balaban J connectivity index is 1.81. The van der Waals surface area contributed by atoms with Crippen LogP contribution in [0.15, 0.2) is 36.5 Å². The van der Waals surface area contributed by atoms with Gasteiger partial charge in [0.25, 0.3) is 5.91 Å². The van der Waals surface area contributed by atoms with Gasteiger partial charge in [0.2, 0.25) is 0 Å². The summed E-state index contributed by atoms with van der Waals surface area (Å²) in [4.78, 5) is 11.5. The summed E-state index contributed by atoms with van der Waals surface area (Å²) in [7, 11) is 0. The molecule has 1 amide bonds. The normalized spacial score (nSPS) is 20.9. The highest BCUT2D eigenvalue weighted by Crippen LogP contribution is 2.29. The molecule has 0 unspecified atom stereocenters. The van der Waals surface area contributed by atoms with Crippen LogP contribution < -0.4 is 11.1 Å². The van der Waals surface area contributed by atoms with Gasteiger partial charge in [-0.1, -0.05) is 12.1 Å². The van der Waals surface area contributed by atoms with Crippen molar-refractivity contribution >= 4 is 16.8 Å². The van der Waals surface area contributed by atoms with Crippen LogP contribution in [0.2, 0.25) is 0 Å². The van der Waals surface area contributed by atoms with E-state index in [1.54, 1.807) is 12.1 Å². The molecule has 26 heavy (non-hydrogen) atoms. The molecule has 1 atom stereocenters. The second-order valence-electron chi connectivity index (χ2n) is 6.35. The minimum Gasteiger partial charge on any atom is -0.366 e. The number of rotatable bonds is 3. The van der Waals surface area contributed by atoms with Crippen LogP contribution >= 0.6 is 0 Å². The van der Waals surface area contributed by atoms with Crippen LogP contribution in [0.1, 0.15) is 36.0 Å². The van der Waals surface area contributed by atoms with Gasteiger partial charge in [0.05, 0.1) is 5.56 Å². The Hall–Kier alpha value is -2.80. The Morgan fingerprint density at radius 3 is 2.92 bits per heavy atom. The van der Waals surface area contributed by atoms with Gasteiger partial charge >= 0.3 is 0 Å². The van der Waals surface area contributed by atoms with Crippen molar-refractivity contribution in [3.8, 4) is 5.69 Å². The molecule has 1 aliphatic rings. The van der Waals surface area contributed by atoms with Crippen LogP contribution in [0, 0.1) is 11.6 Å². The van der Waals surface area contributed by atoms with Gasteiger partial charge in [-0.2, -0.15) is 5.10 Å². The van der Waals surface area contributed by atoms with Gasteiger partial charge in [-0.3, -0.25) is 4.79 Å². The van der Waals surface area contributed by atoms with Gasteiger partial charge < -0.3 is 11.1 Å². The lowest BCUT2D eigenvalue weighted by Crippen LogP contribution is -2.29. The number of piperidine rings is 1. The highest BCUT2D eigenvalue weighted by Gasteiger charge is 2.22. The number of hydrogen-bond acceptors (Lipinski definition) is 3. The highest BCUT2D eigenvalue weighted by molar-refractivity contribution is 6.04. The van der Waals surface area contributed by atoms with Gasteiger partial charge in [0.1, 0.15) is 22.8 Å². The van der Waals surface area contributed by atoms with Crippen molar-refractivity contribution in [3.63, 3.8) is 0 Å². The third-order valence-electron chi connectivity index (χ3n) is 4.64. The third kappa shape index (κ3) is 2.84. The van der Waals surface area contributed by atoms with E-state index in [1.807, 2.05) is 0 Å². The molecule has 7 heteroatoms. The predicted molar refractivity (Wildman–Crippen MR) is 94.3 cm³/mol. The topological polar surface area (TPSA) is 72.9 Å². The number of carbonyl (C=O) groups excluding carboxylic acids is 1. The van der Waals surface area contributed by atoms with Crippen LogP contribution in [0.3, 0.4) is 0 Å². The van der Waals surface area contributed by atoms with Crippen molar-refractivity contribution in [3.05, 3.63) is 59.3 Å². The molecule has 2 heterocycles. The minimum atomic E-state index is -1.20. The number of fused-ring (bicyclic) bond motifs is 1. The standard InChI is InChI=1S/C19H18F2N4O/c20-15-8-17(16(21)7-14(15)11-4-2-6-23-9-11)25-10-12-3-1-5-13(19(22)26)18(12)24-25/h1,3,5,7-8,10-11,23H,2,4,6,9H2,(H2,22,26)/t11-/m1/s1/i11D. The highest BCUT2D eigenvalue weighted by atomic mass is 19.1. The summed E-state index contributed by atoms with van der Waals surface area (Å²) in [6.45, 7) is 1.04. The van der Waals surface area contributed by atoms with Crippen molar-refractivity contribution in [2.45, 2.75) is 18.7 Å². The number of nitrogens with two attached hydrogens (primary N) is 1. The number of aromatic nitrogens is 2. The number of nitrogens with one attached hydrogen (secondary N) is 1. The molecule has 0 bridgehead atoms. The van der Waals surface area contributed by atoms with E-state index >= 15 is 0 Å². The van der Waals surface area contributed by atoms with Crippen molar-refractivity contribution in [1.29, 1.82) is 0 Å². The first-order chi connectivity index (χ1) is 12.9. The molecule has 3 aromatic rings. The molecule has 3 N–H and O–H groups in total. The molecule has 0 saturated carbocycles.